The number of hydrogen-bond donors (Lipinski definition) is 2. The van der Waals surface area contributed by atoms with Crippen molar-refractivity contribution in [2.45, 2.75) is 32.0 Å². The average molecular weight is 261 g/mol. The van der Waals surface area contributed by atoms with Crippen molar-refractivity contribution in [2.75, 3.05) is 4.90 Å². The minimum Gasteiger partial charge on any atom is -0.368 e. The summed E-state index contributed by atoms with van der Waals surface area (Å²) in [5.74, 6) is 0. The Balaban J connectivity index is 2.56. The van der Waals surface area contributed by atoms with Gasteiger partial charge in [-0.3, -0.25) is 10.1 Å². The fourth-order valence-corrected chi connectivity index (χ4v) is 2.07. The summed E-state index contributed by atoms with van der Waals surface area (Å²) < 4.78 is 0. The third kappa shape index (κ3) is 1.67. The maximum absolute atomic E-state index is 12.1. The molecule has 100 valence electrons. The van der Waals surface area contributed by atoms with E-state index in [0.717, 1.165) is 4.90 Å². The van der Waals surface area contributed by atoms with E-state index in [-0.39, 0.29) is 0 Å². The molecule has 1 aliphatic heterocycles. The van der Waals surface area contributed by atoms with E-state index in [1.54, 1.807) is 32.0 Å². The second-order valence-electron chi connectivity index (χ2n) is 5.17. The second-order valence-corrected chi connectivity index (χ2v) is 5.17. The van der Waals surface area contributed by atoms with Crippen LogP contribution in [-0.2, 0) is 0 Å². The molecule has 2 amide bonds. The Morgan fingerprint density at radius 3 is 2.42 bits per heavy atom. The fraction of sp³-hybridized carbons (Fsp3) is 0.385. The Morgan fingerprint density at radius 2 is 1.95 bits per heavy atom. The molecule has 2 N–H and O–H groups in total. The van der Waals surface area contributed by atoms with Gasteiger partial charge in [-0.1, -0.05) is 6.07 Å². The maximum Gasteiger partial charge on any atom is 0.351 e. The normalized spacial score (nSPS) is 25.6. The zero-order valence-electron chi connectivity index (χ0n) is 11.0. The van der Waals surface area contributed by atoms with Gasteiger partial charge in [0.15, 0.2) is 5.72 Å². The third-order valence-electron chi connectivity index (χ3n) is 3.73. The number of benzene rings is 1. The summed E-state index contributed by atoms with van der Waals surface area (Å²) in [5.41, 5.74) is -2.05. The maximum atomic E-state index is 12.1. The Morgan fingerprint density at radius 1 is 1.32 bits per heavy atom. The Bertz CT molecular complexity index is 575. The summed E-state index contributed by atoms with van der Waals surface area (Å²) in [6, 6.07) is 7.54. The van der Waals surface area contributed by atoms with Crippen LogP contribution in [0.3, 0.4) is 0 Å². The van der Waals surface area contributed by atoms with Crippen molar-refractivity contribution >= 4 is 11.7 Å². The highest BCUT2D eigenvalue weighted by Gasteiger charge is 2.60. The van der Waals surface area contributed by atoms with Gasteiger partial charge < -0.3 is 5.11 Å². The number of aliphatic hydroxyl groups is 1. The zero-order chi connectivity index (χ0) is 14.4. The number of urea groups is 1. The van der Waals surface area contributed by atoms with Crippen LogP contribution in [0.4, 0.5) is 10.5 Å². The van der Waals surface area contributed by atoms with Crippen molar-refractivity contribution in [1.82, 2.24) is 5.06 Å². The van der Waals surface area contributed by atoms with Gasteiger partial charge in [-0.2, -0.15) is 10.3 Å². The standard InChI is InChI=1S/C13H15N3O3/c1-12(2)13(3,18)15(11(17)16(12)19)10-6-4-5-9(7-10)8-14/h4-7,18-19H,1-3H3. The third-order valence-corrected chi connectivity index (χ3v) is 3.73. The van der Waals surface area contributed by atoms with Gasteiger partial charge in [-0.05, 0) is 39.0 Å². The average Bonchev–Trinajstić information content (AvgIpc) is 2.48. The van der Waals surface area contributed by atoms with Crippen LogP contribution in [0, 0.1) is 11.3 Å². The SMILES string of the molecule is CC1(C)N(O)C(=O)N(c2cccc(C#N)c2)C1(C)O. The number of nitriles is 1. The predicted molar refractivity (Wildman–Crippen MR) is 67.4 cm³/mol. The number of rotatable bonds is 1. The van der Waals surface area contributed by atoms with E-state index in [4.69, 9.17) is 5.26 Å². The molecule has 19 heavy (non-hydrogen) atoms. The lowest BCUT2D eigenvalue weighted by atomic mass is 9.92. The van der Waals surface area contributed by atoms with E-state index >= 15 is 0 Å². The van der Waals surface area contributed by atoms with Gasteiger partial charge in [-0.25, -0.2) is 4.79 Å². The summed E-state index contributed by atoms with van der Waals surface area (Å²) in [7, 11) is 0. The molecule has 0 aliphatic carbocycles. The molecular formula is C13H15N3O3. The molecule has 0 aromatic heterocycles. The molecule has 6 heteroatoms. The van der Waals surface area contributed by atoms with E-state index < -0.39 is 17.3 Å². The minimum atomic E-state index is -1.60. The van der Waals surface area contributed by atoms with Crippen molar-refractivity contribution in [3.05, 3.63) is 29.8 Å². The van der Waals surface area contributed by atoms with Crippen molar-refractivity contribution in [1.29, 1.82) is 5.26 Å². The van der Waals surface area contributed by atoms with Gasteiger partial charge in [0.05, 0.1) is 11.6 Å². The smallest absolute Gasteiger partial charge is 0.351 e. The van der Waals surface area contributed by atoms with E-state index in [1.807, 2.05) is 6.07 Å². The van der Waals surface area contributed by atoms with Crippen LogP contribution >= 0.6 is 0 Å². The Hall–Kier alpha value is -2.10. The molecule has 0 spiro atoms. The van der Waals surface area contributed by atoms with Gasteiger partial charge in [-0.15, -0.1) is 0 Å². The molecule has 1 saturated heterocycles. The first-order valence-electron chi connectivity index (χ1n) is 5.79. The monoisotopic (exact) mass is 261 g/mol. The summed E-state index contributed by atoms with van der Waals surface area (Å²) in [5, 5.41) is 29.8. The highest BCUT2D eigenvalue weighted by molar-refractivity contribution is 5.96. The van der Waals surface area contributed by atoms with Gasteiger partial charge in [0.25, 0.3) is 0 Å². The molecule has 1 aromatic rings. The molecule has 1 unspecified atom stereocenters. The highest BCUT2D eigenvalue weighted by Crippen LogP contribution is 2.41. The molecule has 2 rings (SSSR count). The van der Waals surface area contributed by atoms with Crippen LogP contribution in [0.25, 0.3) is 0 Å². The number of nitrogens with zero attached hydrogens (tertiary/aromatic N) is 3. The van der Waals surface area contributed by atoms with Crippen LogP contribution in [-0.4, -0.2) is 32.7 Å². The van der Waals surface area contributed by atoms with Crippen LogP contribution < -0.4 is 4.90 Å². The van der Waals surface area contributed by atoms with Gasteiger partial charge >= 0.3 is 6.03 Å². The number of amides is 2. The predicted octanol–water partition coefficient (Wildman–Crippen LogP) is 1.68. The molecule has 6 nitrogen and oxygen atoms in total. The van der Waals surface area contributed by atoms with Crippen LogP contribution in [0.15, 0.2) is 24.3 Å². The van der Waals surface area contributed by atoms with Crippen molar-refractivity contribution in [2.24, 2.45) is 0 Å². The number of hydrogen-bond acceptors (Lipinski definition) is 4. The van der Waals surface area contributed by atoms with Gasteiger partial charge in [0, 0.05) is 5.69 Å². The quantitative estimate of drug-likeness (QED) is 0.753. The molecule has 0 saturated carbocycles. The number of carbonyl (C=O) groups is 1. The minimum absolute atomic E-state index is 0.360. The summed E-state index contributed by atoms with van der Waals surface area (Å²) in [6.07, 6.45) is 0. The summed E-state index contributed by atoms with van der Waals surface area (Å²) in [4.78, 5) is 13.2. The Kier molecular flexibility index (Phi) is 2.77. The highest BCUT2D eigenvalue weighted by atomic mass is 16.5. The van der Waals surface area contributed by atoms with Gasteiger partial charge in [0.1, 0.15) is 5.54 Å². The molecule has 1 aliphatic rings. The molecule has 1 heterocycles. The van der Waals surface area contributed by atoms with Crippen LogP contribution in [0.5, 0.6) is 0 Å². The largest absolute Gasteiger partial charge is 0.368 e. The van der Waals surface area contributed by atoms with E-state index in [0.29, 0.717) is 16.3 Å². The molecule has 1 aromatic carbocycles. The lowest BCUT2D eigenvalue weighted by molar-refractivity contribution is -0.149. The van der Waals surface area contributed by atoms with E-state index in [2.05, 4.69) is 0 Å². The molecule has 1 atom stereocenters. The topological polar surface area (TPSA) is 87.8 Å². The first-order chi connectivity index (χ1) is 8.73. The number of carbonyl (C=O) groups excluding carboxylic acids is 1. The zero-order valence-corrected chi connectivity index (χ0v) is 11.0. The first-order valence-corrected chi connectivity index (χ1v) is 5.79. The van der Waals surface area contributed by atoms with Crippen molar-refractivity contribution in [3.8, 4) is 6.07 Å². The summed E-state index contributed by atoms with van der Waals surface area (Å²) >= 11 is 0. The van der Waals surface area contributed by atoms with Crippen molar-refractivity contribution in [3.63, 3.8) is 0 Å². The van der Waals surface area contributed by atoms with Gasteiger partial charge in [0.2, 0.25) is 0 Å². The second kappa shape index (κ2) is 3.95. The van der Waals surface area contributed by atoms with E-state index in [1.165, 1.54) is 13.0 Å². The fourth-order valence-electron chi connectivity index (χ4n) is 2.07. The summed E-state index contributed by atoms with van der Waals surface area (Å²) in [6.45, 7) is 4.55. The lowest BCUT2D eigenvalue weighted by Gasteiger charge is -2.37. The van der Waals surface area contributed by atoms with Crippen molar-refractivity contribution < 1.29 is 15.1 Å². The Labute approximate surface area is 111 Å². The van der Waals surface area contributed by atoms with E-state index in [9.17, 15) is 15.1 Å². The first kappa shape index (κ1) is 13.3. The lowest BCUT2D eigenvalue weighted by Crippen LogP contribution is -2.56. The van der Waals surface area contributed by atoms with Crippen LogP contribution in [0.1, 0.15) is 26.3 Å². The number of hydroxylamine groups is 2. The molecular weight excluding hydrogens is 246 g/mol. The number of anilines is 1. The molecule has 0 radical (unpaired) electrons. The molecule has 0 bridgehead atoms. The van der Waals surface area contributed by atoms with Crippen LogP contribution in [0.2, 0.25) is 0 Å². The molecule has 1 fully saturated rings.